The number of hydrazone groups is 1. The van der Waals surface area contributed by atoms with Crippen molar-refractivity contribution in [3.05, 3.63) is 53.1 Å². The maximum atomic E-state index is 11.5. The molecule has 0 unspecified atom stereocenters. The van der Waals surface area contributed by atoms with E-state index in [-0.39, 0.29) is 16.9 Å². The summed E-state index contributed by atoms with van der Waals surface area (Å²) in [6.45, 7) is 0. The van der Waals surface area contributed by atoms with E-state index in [9.17, 15) is 14.7 Å². The highest BCUT2D eigenvalue weighted by Gasteiger charge is 2.19. The van der Waals surface area contributed by atoms with Crippen molar-refractivity contribution in [1.82, 2.24) is 0 Å². The first kappa shape index (κ1) is 17.8. The third-order valence-electron chi connectivity index (χ3n) is 3.30. The predicted molar refractivity (Wildman–Crippen MR) is 91.1 cm³/mol. The van der Waals surface area contributed by atoms with Gasteiger partial charge in [-0.05, 0) is 30.3 Å². The molecule has 0 aliphatic rings. The van der Waals surface area contributed by atoms with E-state index in [0.29, 0.717) is 17.0 Å². The Morgan fingerprint density at radius 1 is 1.08 bits per heavy atom. The van der Waals surface area contributed by atoms with Crippen LogP contribution in [0.2, 0.25) is 0 Å². The van der Waals surface area contributed by atoms with Crippen LogP contribution in [0.1, 0.15) is 26.3 Å². The molecule has 2 rings (SSSR count). The number of rotatable bonds is 7. The zero-order valence-electron chi connectivity index (χ0n) is 13.5. The molecule has 0 fully saturated rings. The number of aromatic carboxylic acids is 2. The minimum Gasteiger partial charge on any atom is -0.493 e. The summed E-state index contributed by atoms with van der Waals surface area (Å²) in [6.07, 6.45) is 1.30. The van der Waals surface area contributed by atoms with Crippen molar-refractivity contribution in [2.24, 2.45) is 5.10 Å². The first-order chi connectivity index (χ1) is 12.0. The number of anilines is 1. The van der Waals surface area contributed by atoms with Gasteiger partial charge in [-0.15, -0.1) is 0 Å². The van der Waals surface area contributed by atoms with E-state index in [0.717, 1.165) is 0 Å². The van der Waals surface area contributed by atoms with Gasteiger partial charge < -0.3 is 19.7 Å². The van der Waals surface area contributed by atoms with Gasteiger partial charge in [0.1, 0.15) is 5.56 Å². The highest BCUT2D eigenvalue weighted by atomic mass is 16.5. The highest BCUT2D eigenvalue weighted by molar-refractivity contribution is 6.02. The van der Waals surface area contributed by atoms with Gasteiger partial charge in [0.25, 0.3) is 0 Å². The van der Waals surface area contributed by atoms with E-state index >= 15 is 0 Å². The molecule has 2 aromatic rings. The Labute approximate surface area is 143 Å². The Morgan fingerprint density at radius 3 is 2.44 bits per heavy atom. The van der Waals surface area contributed by atoms with Crippen LogP contribution in [0.25, 0.3) is 0 Å². The molecule has 2 aromatic carbocycles. The van der Waals surface area contributed by atoms with E-state index in [2.05, 4.69) is 10.5 Å². The maximum absolute atomic E-state index is 11.5. The van der Waals surface area contributed by atoms with Gasteiger partial charge in [0.15, 0.2) is 11.5 Å². The van der Waals surface area contributed by atoms with Crippen LogP contribution in [-0.4, -0.2) is 42.6 Å². The molecule has 8 heteroatoms. The lowest BCUT2D eigenvalue weighted by Gasteiger charge is -2.12. The fourth-order valence-corrected chi connectivity index (χ4v) is 2.17. The second kappa shape index (κ2) is 7.82. The lowest BCUT2D eigenvalue weighted by atomic mass is 10.1. The third kappa shape index (κ3) is 4.05. The molecule has 0 radical (unpaired) electrons. The minimum absolute atomic E-state index is 0.0897. The van der Waals surface area contributed by atoms with Crippen LogP contribution in [0.3, 0.4) is 0 Å². The number of nitrogens with one attached hydrogen (secondary N) is 1. The average Bonchev–Trinajstić information content (AvgIpc) is 2.61. The first-order valence-electron chi connectivity index (χ1n) is 7.08. The van der Waals surface area contributed by atoms with Gasteiger partial charge in [-0.3, -0.25) is 5.43 Å². The molecule has 0 bridgehead atoms. The normalized spacial score (nSPS) is 10.5. The minimum atomic E-state index is -1.19. The van der Waals surface area contributed by atoms with Crippen LogP contribution in [0.5, 0.6) is 11.5 Å². The standard InChI is InChI=1S/C17H16N2O6/c1-24-13-7-6-11(14(17(22)23)15(13)25-2)9-18-19-12-5-3-4-10(8-12)16(20)21/h3-9,19H,1-2H3,(H,20,21)(H,22,23)/b18-9+. The van der Waals surface area contributed by atoms with E-state index in [1.807, 2.05) is 0 Å². The van der Waals surface area contributed by atoms with E-state index in [1.54, 1.807) is 18.2 Å². The molecule has 3 N–H and O–H groups in total. The van der Waals surface area contributed by atoms with Gasteiger partial charge in [0.2, 0.25) is 0 Å². The maximum Gasteiger partial charge on any atom is 0.340 e. The highest BCUT2D eigenvalue weighted by Crippen LogP contribution is 2.32. The van der Waals surface area contributed by atoms with Crippen molar-refractivity contribution in [1.29, 1.82) is 0 Å². The Bertz CT molecular complexity index is 832. The summed E-state index contributed by atoms with van der Waals surface area (Å²) in [5.74, 6) is -1.86. The number of nitrogens with zero attached hydrogens (tertiary/aromatic N) is 1. The molecule has 130 valence electrons. The van der Waals surface area contributed by atoms with Gasteiger partial charge in [0, 0.05) is 5.56 Å². The SMILES string of the molecule is COc1ccc(/C=N/Nc2cccc(C(=O)O)c2)c(C(=O)O)c1OC. The number of carboxylic acids is 2. The molecule has 0 amide bonds. The molecule has 0 spiro atoms. The Kier molecular flexibility index (Phi) is 5.57. The van der Waals surface area contributed by atoms with Gasteiger partial charge in [-0.25, -0.2) is 9.59 Å². The second-order valence-corrected chi connectivity index (χ2v) is 4.83. The molecule has 0 aliphatic carbocycles. The van der Waals surface area contributed by atoms with Crippen LogP contribution >= 0.6 is 0 Å². The van der Waals surface area contributed by atoms with Crippen molar-refractivity contribution in [3.8, 4) is 11.5 Å². The molecular formula is C17H16N2O6. The molecule has 0 aromatic heterocycles. The van der Waals surface area contributed by atoms with Gasteiger partial charge in [-0.2, -0.15) is 5.10 Å². The Balaban J connectivity index is 2.30. The number of ether oxygens (including phenoxy) is 2. The third-order valence-corrected chi connectivity index (χ3v) is 3.30. The fourth-order valence-electron chi connectivity index (χ4n) is 2.17. The van der Waals surface area contributed by atoms with Crippen LogP contribution in [0.4, 0.5) is 5.69 Å². The van der Waals surface area contributed by atoms with Crippen molar-refractivity contribution >= 4 is 23.8 Å². The number of hydrogen-bond donors (Lipinski definition) is 3. The lowest BCUT2D eigenvalue weighted by Crippen LogP contribution is -2.07. The summed E-state index contributed by atoms with van der Waals surface area (Å²) in [5.41, 5.74) is 3.43. The average molecular weight is 344 g/mol. The zero-order valence-corrected chi connectivity index (χ0v) is 13.5. The molecular weight excluding hydrogens is 328 g/mol. The van der Waals surface area contributed by atoms with Crippen LogP contribution in [0, 0.1) is 0 Å². The summed E-state index contributed by atoms with van der Waals surface area (Å²) in [4.78, 5) is 22.5. The molecule has 0 heterocycles. The molecule has 8 nitrogen and oxygen atoms in total. The van der Waals surface area contributed by atoms with E-state index in [4.69, 9.17) is 14.6 Å². The van der Waals surface area contributed by atoms with Crippen LogP contribution < -0.4 is 14.9 Å². The largest absolute Gasteiger partial charge is 0.493 e. The predicted octanol–water partition coefficient (Wildman–Crippen LogP) is 2.55. The lowest BCUT2D eigenvalue weighted by molar-refractivity contribution is 0.0683. The number of carbonyl (C=O) groups is 2. The molecule has 0 saturated heterocycles. The summed E-state index contributed by atoms with van der Waals surface area (Å²) >= 11 is 0. The molecule has 25 heavy (non-hydrogen) atoms. The van der Waals surface area contributed by atoms with Crippen molar-refractivity contribution in [3.63, 3.8) is 0 Å². The zero-order chi connectivity index (χ0) is 18.4. The summed E-state index contributed by atoms with van der Waals surface area (Å²) < 4.78 is 10.2. The fraction of sp³-hybridized carbons (Fsp3) is 0.118. The van der Waals surface area contributed by atoms with Crippen LogP contribution in [-0.2, 0) is 0 Å². The summed E-state index contributed by atoms with van der Waals surface area (Å²) in [6, 6.07) is 9.17. The molecule has 0 atom stereocenters. The number of hydrogen-bond acceptors (Lipinski definition) is 6. The van der Waals surface area contributed by atoms with E-state index < -0.39 is 11.9 Å². The quantitative estimate of drug-likeness (QED) is 0.522. The van der Waals surface area contributed by atoms with Crippen LogP contribution in [0.15, 0.2) is 41.5 Å². The number of carboxylic acid groups (broad SMARTS) is 2. The number of benzene rings is 2. The Hall–Kier alpha value is -3.55. The summed E-state index contributed by atoms with van der Waals surface area (Å²) in [7, 11) is 2.76. The van der Waals surface area contributed by atoms with Gasteiger partial charge in [-0.1, -0.05) is 6.07 Å². The van der Waals surface area contributed by atoms with Crippen molar-refractivity contribution in [2.75, 3.05) is 19.6 Å². The first-order valence-corrected chi connectivity index (χ1v) is 7.08. The van der Waals surface area contributed by atoms with Gasteiger partial charge in [0.05, 0.1) is 31.7 Å². The smallest absolute Gasteiger partial charge is 0.340 e. The topological polar surface area (TPSA) is 117 Å². The Morgan fingerprint density at radius 2 is 1.84 bits per heavy atom. The number of methoxy groups -OCH3 is 2. The van der Waals surface area contributed by atoms with Gasteiger partial charge >= 0.3 is 11.9 Å². The monoisotopic (exact) mass is 344 g/mol. The van der Waals surface area contributed by atoms with Crippen molar-refractivity contribution < 1.29 is 29.3 Å². The molecule has 0 saturated carbocycles. The molecule has 0 aliphatic heterocycles. The second-order valence-electron chi connectivity index (χ2n) is 4.83. The van der Waals surface area contributed by atoms with E-state index in [1.165, 1.54) is 38.6 Å². The van der Waals surface area contributed by atoms with Crippen molar-refractivity contribution in [2.45, 2.75) is 0 Å². The summed E-state index contributed by atoms with van der Waals surface area (Å²) in [5, 5.41) is 22.3.